The largest absolute Gasteiger partial charge is 0.336 e. The molecule has 1 amide bonds. The lowest BCUT2D eigenvalue weighted by Gasteiger charge is -2.27. The van der Waals surface area contributed by atoms with Crippen LogP contribution in [0.2, 0.25) is 0 Å². The van der Waals surface area contributed by atoms with Gasteiger partial charge in [-0.2, -0.15) is 0 Å². The molecule has 1 aliphatic rings. The van der Waals surface area contributed by atoms with Crippen LogP contribution in [0, 0.1) is 6.92 Å². The van der Waals surface area contributed by atoms with E-state index in [1.54, 1.807) is 11.3 Å². The first-order chi connectivity index (χ1) is 7.18. The summed E-state index contributed by atoms with van der Waals surface area (Å²) in [6.45, 7) is 5.42. The van der Waals surface area contributed by atoms with Gasteiger partial charge in [0.25, 0.3) is 5.91 Å². The number of nitrogens with one attached hydrogen (secondary N) is 1. The average Bonchev–Trinajstić information content (AvgIpc) is 2.58. The molecule has 0 aromatic carbocycles. The van der Waals surface area contributed by atoms with E-state index < -0.39 is 0 Å². The highest BCUT2D eigenvalue weighted by atomic mass is 79.9. The van der Waals surface area contributed by atoms with Crippen LogP contribution in [-0.4, -0.2) is 37.0 Å². The van der Waals surface area contributed by atoms with Gasteiger partial charge in [-0.25, -0.2) is 0 Å². The van der Waals surface area contributed by atoms with Crippen LogP contribution in [0.15, 0.2) is 9.85 Å². The number of carbonyl (C=O) groups is 1. The Hall–Kier alpha value is -0.1000. The topological polar surface area (TPSA) is 32.3 Å². The van der Waals surface area contributed by atoms with Crippen molar-refractivity contribution in [2.24, 2.45) is 0 Å². The monoisotopic (exact) mass is 324 g/mol. The van der Waals surface area contributed by atoms with Crippen molar-refractivity contribution in [3.63, 3.8) is 0 Å². The number of carbonyl (C=O) groups excluding carboxylic acids is 1. The van der Waals surface area contributed by atoms with E-state index in [1.807, 2.05) is 17.9 Å². The van der Waals surface area contributed by atoms with E-state index >= 15 is 0 Å². The molecule has 0 saturated carbocycles. The van der Waals surface area contributed by atoms with Crippen LogP contribution in [0.5, 0.6) is 0 Å². The van der Waals surface area contributed by atoms with E-state index in [2.05, 4.69) is 21.2 Å². The van der Waals surface area contributed by atoms with Gasteiger partial charge in [0.1, 0.15) is 0 Å². The van der Waals surface area contributed by atoms with Crippen LogP contribution in [0.25, 0.3) is 0 Å². The van der Waals surface area contributed by atoms with Gasteiger partial charge in [0.05, 0.1) is 9.35 Å². The van der Waals surface area contributed by atoms with Gasteiger partial charge in [0, 0.05) is 31.1 Å². The molecule has 6 heteroatoms. The van der Waals surface area contributed by atoms with Crippen LogP contribution in [0.3, 0.4) is 0 Å². The zero-order chi connectivity index (χ0) is 10.8. The number of rotatable bonds is 1. The normalized spacial score (nSPS) is 15.8. The molecule has 0 unspecified atom stereocenters. The smallest absolute Gasteiger partial charge is 0.255 e. The van der Waals surface area contributed by atoms with Crippen molar-refractivity contribution in [1.82, 2.24) is 10.2 Å². The van der Waals surface area contributed by atoms with E-state index in [0.29, 0.717) is 0 Å². The summed E-state index contributed by atoms with van der Waals surface area (Å²) in [6.07, 6.45) is 0. The fraction of sp³-hybridized carbons (Fsp3) is 0.500. The first kappa shape index (κ1) is 14.0. The molecular formula is C10H14BrClN2OS. The minimum absolute atomic E-state index is 0. The van der Waals surface area contributed by atoms with Gasteiger partial charge in [-0.1, -0.05) is 0 Å². The maximum atomic E-state index is 12.1. The Bertz CT molecular complexity index is 377. The molecule has 3 nitrogen and oxygen atoms in total. The molecule has 0 bridgehead atoms. The van der Waals surface area contributed by atoms with Crippen molar-refractivity contribution in [1.29, 1.82) is 0 Å². The lowest BCUT2D eigenvalue weighted by atomic mass is 10.2. The highest BCUT2D eigenvalue weighted by Crippen LogP contribution is 2.28. The fourth-order valence-electron chi connectivity index (χ4n) is 1.67. The zero-order valence-corrected chi connectivity index (χ0v) is 12.2. The Balaban J connectivity index is 0.00000128. The summed E-state index contributed by atoms with van der Waals surface area (Å²) in [5.41, 5.74) is 0.805. The lowest BCUT2D eigenvalue weighted by Crippen LogP contribution is -2.46. The predicted molar refractivity (Wildman–Crippen MR) is 72.8 cm³/mol. The Morgan fingerprint density at radius 1 is 1.50 bits per heavy atom. The Labute approximate surface area is 114 Å². The van der Waals surface area contributed by atoms with E-state index in [-0.39, 0.29) is 18.3 Å². The number of amides is 1. The third kappa shape index (κ3) is 2.97. The van der Waals surface area contributed by atoms with E-state index in [9.17, 15) is 4.79 Å². The average molecular weight is 326 g/mol. The summed E-state index contributed by atoms with van der Waals surface area (Å²) in [7, 11) is 0. The van der Waals surface area contributed by atoms with Crippen molar-refractivity contribution in [3.05, 3.63) is 20.3 Å². The molecule has 0 radical (unpaired) electrons. The molecule has 1 aromatic heterocycles. The number of nitrogens with zero attached hydrogens (tertiary/aromatic N) is 1. The van der Waals surface area contributed by atoms with Crippen molar-refractivity contribution < 1.29 is 4.79 Å². The summed E-state index contributed by atoms with van der Waals surface area (Å²) >= 11 is 5.05. The van der Waals surface area contributed by atoms with Gasteiger partial charge in [-0.15, -0.1) is 23.7 Å². The Morgan fingerprint density at radius 2 is 2.12 bits per heavy atom. The van der Waals surface area contributed by atoms with Crippen LogP contribution in [0.1, 0.15) is 15.2 Å². The van der Waals surface area contributed by atoms with Gasteiger partial charge in [0.15, 0.2) is 0 Å². The zero-order valence-electron chi connectivity index (χ0n) is 8.96. The summed E-state index contributed by atoms with van der Waals surface area (Å²) in [5.74, 6) is 0.146. The van der Waals surface area contributed by atoms with Crippen LogP contribution in [0.4, 0.5) is 0 Å². The first-order valence-electron chi connectivity index (χ1n) is 4.94. The highest BCUT2D eigenvalue weighted by molar-refractivity contribution is 9.11. The number of aryl methyl sites for hydroxylation is 1. The number of hydrogen-bond donors (Lipinski definition) is 1. The molecule has 16 heavy (non-hydrogen) atoms. The number of thiophene rings is 1. The van der Waals surface area contributed by atoms with Crippen molar-refractivity contribution in [2.45, 2.75) is 6.92 Å². The van der Waals surface area contributed by atoms with Gasteiger partial charge < -0.3 is 10.2 Å². The third-order valence-electron chi connectivity index (χ3n) is 2.44. The summed E-state index contributed by atoms with van der Waals surface area (Å²) in [6, 6.07) is 1.96. The van der Waals surface area contributed by atoms with Gasteiger partial charge in [0.2, 0.25) is 0 Å². The molecule has 90 valence electrons. The van der Waals surface area contributed by atoms with E-state index in [4.69, 9.17) is 0 Å². The molecule has 1 saturated heterocycles. The standard InChI is InChI=1S/C10H13BrN2OS.ClH/c1-7-6-8(9(11)15-7)10(14)13-4-2-12-3-5-13;/h6,12H,2-5H2,1H3;1H. The lowest BCUT2D eigenvalue weighted by molar-refractivity contribution is 0.0735. The van der Waals surface area contributed by atoms with E-state index in [1.165, 1.54) is 4.88 Å². The number of piperazine rings is 1. The Morgan fingerprint density at radius 3 is 2.62 bits per heavy atom. The third-order valence-corrected chi connectivity index (χ3v) is 4.20. The second kappa shape index (κ2) is 6.00. The molecule has 0 spiro atoms. The second-order valence-electron chi connectivity index (χ2n) is 3.59. The Kier molecular flexibility index (Phi) is 5.24. The molecule has 1 N–H and O–H groups in total. The molecule has 2 rings (SSSR count). The SMILES string of the molecule is Cc1cc(C(=O)N2CCNCC2)c(Br)s1.Cl. The van der Waals surface area contributed by atoms with Crippen LogP contribution < -0.4 is 5.32 Å². The molecule has 0 aliphatic carbocycles. The van der Waals surface area contributed by atoms with E-state index in [0.717, 1.165) is 35.5 Å². The summed E-state index contributed by atoms with van der Waals surface area (Å²) in [5, 5.41) is 3.24. The predicted octanol–water partition coefficient (Wildman–Crippen LogP) is 2.29. The van der Waals surface area contributed by atoms with Crippen molar-refractivity contribution in [3.8, 4) is 0 Å². The minimum Gasteiger partial charge on any atom is -0.336 e. The highest BCUT2D eigenvalue weighted by Gasteiger charge is 2.21. The molecule has 2 heterocycles. The number of hydrogen-bond acceptors (Lipinski definition) is 3. The van der Waals surface area contributed by atoms with Crippen LogP contribution >= 0.6 is 39.7 Å². The maximum Gasteiger partial charge on any atom is 0.255 e. The summed E-state index contributed by atoms with van der Waals surface area (Å²) in [4.78, 5) is 15.2. The van der Waals surface area contributed by atoms with Crippen molar-refractivity contribution in [2.75, 3.05) is 26.2 Å². The number of halogens is 2. The van der Waals surface area contributed by atoms with Gasteiger partial charge in [-0.05, 0) is 28.9 Å². The molecule has 1 fully saturated rings. The summed E-state index contributed by atoms with van der Waals surface area (Å²) < 4.78 is 0.948. The quantitative estimate of drug-likeness (QED) is 0.859. The second-order valence-corrected chi connectivity index (χ2v) is 6.16. The fourth-order valence-corrected chi connectivity index (χ4v) is 3.44. The van der Waals surface area contributed by atoms with Gasteiger partial charge >= 0.3 is 0 Å². The molecule has 1 aromatic rings. The van der Waals surface area contributed by atoms with Crippen LogP contribution in [-0.2, 0) is 0 Å². The van der Waals surface area contributed by atoms with Crippen molar-refractivity contribution >= 4 is 45.6 Å². The maximum absolute atomic E-state index is 12.1. The molecular weight excluding hydrogens is 312 g/mol. The van der Waals surface area contributed by atoms with Gasteiger partial charge in [-0.3, -0.25) is 4.79 Å². The molecule has 1 aliphatic heterocycles. The first-order valence-corrected chi connectivity index (χ1v) is 6.55. The minimum atomic E-state index is 0. The molecule has 0 atom stereocenters.